The molecule has 0 aromatic carbocycles. The normalized spacial score (nSPS) is 14.3. The number of aromatic nitrogens is 7. The first-order valence-electron chi connectivity index (χ1n) is 12.4. The Kier molecular flexibility index (Phi) is 6.01. The lowest BCUT2D eigenvalue weighted by molar-refractivity contribution is -0.149. The van der Waals surface area contributed by atoms with Crippen molar-refractivity contribution in [3.63, 3.8) is 0 Å². The van der Waals surface area contributed by atoms with E-state index in [0.717, 1.165) is 15.9 Å². The lowest BCUT2D eigenvalue weighted by atomic mass is 10.00. The van der Waals surface area contributed by atoms with E-state index in [2.05, 4.69) is 20.4 Å². The molecule has 0 aliphatic heterocycles. The van der Waals surface area contributed by atoms with E-state index >= 15 is 0 Å². The first-order valence-corrected chi connectivity index (χ1v) is 12.4. The van der Waals surface area contributed by atoms with Crippen LogP contribution in [0.15, 0.2) is 61.2 Å². The number of esters is 1. The van der Waals surface area contributed by atoms with E-state index in [0.29, 0.717) is 52.5 Å². The van der Waals surface area contributed by atoms with Crippen molar-refractivity contribution >= 4 is 11.5 Å². The van der Waals surface area contributed by atoms with E-state index < -0.39 is 24.3 Å². The Morgan fingerprint density at radius 2 is 1.85 bits per heavy atom. The maximum atomic E-state index is 13.0. The SMILES string of the molecule is CC(=O)OC1(c2ccc(-c3cnn4cc(Oc5ccc(C)nn5)ccc34)nc2-c2cnn(CC(F)(F)F)c2)CC1. The van der Waals surface area contributed by atoms with Gasteiger partial charge in [-0.3, -0.25) is 9.48 Å². The Morgan fingerprint density at radius 1 is 1.02 bits per heavy atom. The van der Waals surface area contributed by atoms with E-state index in [9.17, 15) is 18.0 Å². The minimum absolute atomic E-state index is 0.340. The van der Waals surface area contributed by atoms with Gasteiger partial charge in [0.25, 0.3) is 0 Å². The van der Waals surface area contributed by atoms with Crippen LogP contribution >= 0.6 is 0 Å². The third-order valence-corrected chi connectivity index (χ3v) is 6.44. The highest BCUT2D eigenvalue weighted by Crippen LogP contribution is 2.52. The van der Waals surface area contributed by atoms with Crippen molar-refractivity contribution in [2.24, 2.45) is 0 Å². The van der Waals surface area contributed by atoms with E-state index in [-0.39, 0.29) is 0 Å². The zero-order chi connectivity index (χ0) is 28.1. The standard InChI is InChI=1S/C27H22F3N7O3/c1-16-3-8-24(35-34-16)39-19-4-7-23-20(12-32-37(23)14-19)22-6-5-21(26(9-10-26)40-17(2)38)25(33-22)18-11-31-36(13-18)15-27(28,29)30/h3-8,11-14H,9-10,15H2,1-2H3. The summed E-state index contributed by atoms with van der Waals surface area (Å²) in [5.74, 6) is 0.392. The Labute approximate surface area is 225 Å². The van der Waals surface area contributed by atoms with Crippen molar-refractivity contribution < 1.29 is 27.4 Å². The Hall–Kier alpha value is -4.81. The first-order chi connectivity index (χ1) is 19.1. The van der Waals surface area contributed by atoms with Gasteiger partial charge in [0, 0.05) is 35.9 Å². The van der Waals surface area contributed by atoms with Crippen LogP contribution in [0.25, 0.3) is 28.0 Å². The molecule has 0 atom stereocenters. The summed E-state index contributed by atoms with van der Waals surface area (Å²) >= 11 is 0. The highest BCUT2D eigenvalue weighted by molar-refractivity contribution is 5.80. The molecular formula is C27H22F3N7O3. The molecular weight excluding hydrogens is 527 g/mol. The first kappa shape index (κ1) is 25.5. The zero-order valence-electron chi connectivity index (χ0n) is 21.4. The quantitative estimate of drug-likeness (QED) is 0.253. The Morgan fingerprint density at radius 3 is 2.55 bits per heavy atom. The van der Waals surface area contributed by atoms with Crippen molar-refractivity contribution in [1.82, 2.24) is 34.6 Å². The van der Waals surface area contributed by atoms with Gasteiger partial charge < -0.3 is 9.47 Å². The summed E-state index contributed by atoms with van der Waals surface area (Å²) in [7, 11) is 0. The van der Waals surface area contributed by atoms with E-state index in [1.807, 2.05) is 13.0 Å². The van der Waals surface area contributed by atoms with Crippen molar-refractivity contribution in [3.8, 4) is 34.1 Å². The smallest absolute Gasteiger partial charge is 0.408 e. The van der Waals surface area contributed by atoms with Crippen molar-refractivity contribution in [3.05, 3.63) is 72.4 Å². The summed E-state index contributed by atoms with van der Waals surface area (Å²) in [4.78, 5) is 16.7. The van der Waals surface area contributed by atoms with Gasteiger partial charge in [0.2, 0.25) is 5.88 Å². The molecule has 13 heteroatoms. The van der Waals surface area contributed by atoms with Gasteiger partial charge in [0.05, 0.1) is 41.2 Å². The summed E-state index contributed by atoms with van der Waals surface area (Å²) in [5.41, 5.74) is 3.24. The van der Waals surface area contributed by atoms with E-state index in [4.69, 9.17) is 14.5 Å². The number of carbonyl (C=O) groups excluding carboxylic acids is 1. The summed E-state index contributed by atoms with van der Waals surface area (Å²) in [5, 5.41) is 16.3. The van der Waals surface area contributed by atoms with Gasteiger partial charge in [-0.05, 0) is 44.0 Å². The number of nitrogens with zero attached hydrogens (tertiary/aromatic N) is 7. The number of alkyl halides is 3. The fourth-order valence-electron chi connectivity index (χ4n) is 4.55. The number of ether oxygens (including phenoxy) is 2. The fourth-order valence-corrected chi connectivity index (χ4v) is 4.55. The fraction of sp³-hybridized carbons (Fsp3) is 0.259. The topological polar surface area (TPSA) is 109 Å². The maximum absolute atomic E-state index is 13.0. The molecule has 0 unspecified atom stereocenters. The van der Waals surface area contributed by atoms with Crippen LogP contribution in [-0.2, 0) is 21.7 Å². The molecule has 204 valence electrons. The molecule has 0 saturated heterocycles. The average molecular weight is 550 g/mol. The number of fused-ring (bicyclic) bond motifs is 1. The third-order valence-electron chi connectivity index (χ3n) is 6.44. The van der Waals surface area contributed by atoms with Gasteiger partial charge in [-0.2, -0.15) is 28.5 Å². The van der Waals surface area contributed by atoms with Crippen LogP contribution in [0.5, 0.6) is 11.6 Å². The third kappa shape index (κ3) is 5.09. The molecule has 6 rings (SSSR count). The van der Waals surface area contributed by atoms with Gasteiger partial charge in [0.15, 0.2) is 0 Å². The Bertz CT molecular complexity index is 1720. The summed E-state index contributed by atoms with van der Waals surface area (Å²) in [6.07, 6.45) is 2.70. The summed E-state index contributed by atoms with van der Waals surface area (Å²) in [6, 6.07) is 10.7. The predicted molar refractivity (Wildman–Crippen MR) is 135 cm³/mol. The highest BCUT2D eigenvalue weighted by atomic mass is 19.4. The van der Waals surface area contributed by atoms with Crippen LogP contribution in [0, 0.1) is 6.92 Å². The van der Waals surface area contributed by atoms with Crippen LogP contribution in [0.4, 0.5) is 13.2 Å². The zero-order valence-corrected chi connectivity index (χ0v) is 21.4. The molecule has 1 aliphatic rings. The number of hydrogen-bond acceptors (Lipinski definition) is 8. The molecule has 0 amide bonds. The minimum Gasteiger partial charge on any atom is -0.454 e. The minimum atomic E-state index is -4.43. The van der Waals surface area contributed by atoms with Gasteiger partial charge in [-0.15, -0.1) is 5.10 Å². The number of pyridine rings is 2. The predicted octanol–water partition coefficient (Wildman–Crippen LogP) is 5.27. The lowest BCUT2D eigenvalue weighted by Gasteiger charge is -2.19. The molecule has 5 aromatic rings. The maximum Gasteiger partial charge on any atom is 0.408 e. The van der Waals surface area contributed by atoms with Crippen LogP contribution in [0.2, 0.25) is 0 Å². The molecule has 1 saturated carbocycles. The van der Waals surface area contributed by atoms with Crippen molar-refractivity contribution in [2.45, 2.75) is 45.0 Å². The van der Waals surface area contributed by atoms with Gasteiger partial charge >= 0.3 is 12.1 Å². The molecule has 40 heavy (non-hydrogen) atoms. The molecule has 5 heterocycles. The molecule has 0 N–H and O–H groups in total. The second-order valence-corrected chi connectivity index (χ2v) is 9.59. The largest absolute Gasteiger partial charge is 0.454 e. The van der Waals surface area contributed by atoms with E-state index in [1.54, 1.807) is 47.2 Å². The highest BCUT2D eigenvalue weighted by Gasteiger charge is 2.50. The van der Waals surface area contributed by atoms with Gasteiger partial charge in [-0.25, -0.2) is 9.50 Å². The molecule has 5 aromatic heterocycles. The molecule has 0 bridgehead atoms. The molecule has 1 aliphatic carbocycles. The monoisotopic (exact) mass is 549 g/mol. The lowest BCUT2D eigenvalue weighted by Crippen LogP contribution is -2.18. The number of aryl methyl sites for hydroxylation is 1. The Balaban J connectivity index is 1.38. The van der Waals surface area contributed by atoms with Gasteiger partial charge in [0.1, 0.15) is 17.9 Å². The van der Waals surface area contributed by atoms with Crippen molar-refractivity contribution in [2.75, 3.05) is 0 Å². The van der Waals surface area contributed by atoms with Gasteiger partial charge in [-0.1, -0.05) is 6.07 Å². The second-order valence-electron chi connectivity index (χ2n) is 9.59. The van der Waals surface area contributed by atoms with Crippen LogP contribution in [0.3, 0.4) is 0 Å². The number of halogens is 3. The molecule has 10 nitrogen and oxygen atoms in total. The van der Waals surface area contributed by atoms with Crippen LogP contribution < -0.4 is 4.74 Å². The van der Waals surface area contributed by atoms with Crippen LogP contribution in [0.1, 0.15) is 31.0 Å². The number of carbonyl (C=O) groups is 1. The molecule has 0 spiro atoms. The second kappa shape index (κ2) is 9.43. The summed E-state index contributed by atoms with van der Waals surface area (Å²) < 4.78 is 52.8. The molecule has 1 fully saturated rings. The number of rotatable bonds is 7. The summed E-state index contributed by atoms with van der Waals surface area (Å²) in [6.45, 7) is 1.92. The van der Waals surface area contributed by atoms with E-state index in [1.165, 1.54) is 19.3 Å². The number of hydrogen-bond donors (Lipinski definition) is 0. The molecule has 0 radical (unpaired) electrons. The average Bonchev–Trinajstić information content (AvgIpc) is 3.32. The van der Waals surface area contributed by atoms with Crippen LogP contribution in [-0.4, -0.2) is 46.7 Å². The van der Waals surface area contributed by atoms with Crippen molar-refractivity contribution in [1.29, 1.82) is 0 Å².